The summed E-state index contributed by atoms with van der Waals surface area (Å²) < 4.78 is 13.5. The lowest BCUT2D eigenvalue weighted by molar-refractivity contribution is 0.277. The highest BCUT2D eigenvalue weighted by molar-refractivity contribution is 6.32. The first-order chi connectivity index (χ1) is 13.7. The van der Waals surface area contributed by atoms with Gasteiger partial charge >= 0.3 is 0 Å². The molecule has 6 nitrogen and oxygen atoms in total. The molecule has 7 heteroatoms. The van der Waals surface area contributed by atoms with Crippen molar-refractivity contribution in [1.82, 2.24) is 14.8 Å². The minimum atomic E-state index is 0.460. The first-order valence-electron chi connectivity index (χ1n) is 9.81. The van der Waals surface area contributed by atoms with Crippen LogP contribution >= 0.6 is 11.6 Å². The van der Waals surface area contributed by atoms with E-state index in [1.165, 1.54) is 6.42 Å². The molecular formula is C21H25ClN4O2. The predicted octanol–water partition coefficient (Wildman–Crippen LogP) is 4.91. The molecular weight excluding hydrogens is 376 g/mol. The molecule has 0 radical (unpaired) electrons. The van der Waals surface area contributed by atoms with Crippen molar-refractivity contribution in [2.24, 2.45) is 0 Å². The second-order valence-corrected chi connectivity index (χ2v) is 7.09. The van der Waals surface area contributed by atoms with Crippen LogP contribution in [0.1, 0.15) is 56.7 Å². The number of nitrogens with zero attached hydrogens (tertiary/aromatic N) is 4. The lowest BCUT2D eigenvalue weighted by Gasteiger charge is -2.14. The Kier molecular flexibility index (Phi) is 6.94. The number of ether oxygens (including phenoxy) is 2. The van der Waals surface area contributed by atoms with E-state index in [1.54, 1.807) is 12.1 Å². The van der Waals surface area contributed by atoms with E-state index >= 15 is 0 Å². The topological polar surface area (TPSA) is 73.0 Å². The summed E-state index contributed by atoms with van der Waals surface area (Å²) in [5.74, 6) is 2.68. The van der Waals surface area contributed by atoms with E-state index in [2.05, 4.69) is 20.8 Å². The highest BCUT2D eigenvalue weighted by Crippen LogP contribution is 2.37. The summed E-state index contributed by atoms with van der Waals surface area (Å²) in [4.78, 5) is 0. The van der Waals surface area contributed by atoms with Gasteiger partial charge in [-0.05, 0) is 50.0 Å². The Morgan fingerprint density at radius 2 is 2.11 bits per heavy atom. The summed E-state index contributed by atoms with van der Waals surface area (Å²) in [6, 6.07) is 5.89. The lowest BCUT2D eigenvalue weighted by atomic mass is 10.1. The van der Waals surface area contributed by atoms with Gasteiger partial charge in [-0.25, -0.2) is 0 Å². The van der Waals surface area contributed by atoms with Crippen LogP contribution < -0.4 is 9.47 Å². The molecule has 0 fully saturated rings. The van der Waals surface area contributed by atoms with Crippen molar-refractivity contribution in [1.29, 1.82) is 5.26 Å². The Hall–Kier alpha value is -2.52. The van der Waals surface area contributed by atoms with E-state index in [1.807, 2.05) is 19.9 Å². The Morgan fingerprint density at radius 1 is 1.25 bits per heavy atom. The zero-order valence-corrected chi connectivity index (χ0v) is 17.1. The standard InChI is InChI=1S/C21H25ClN4O2/c1-3-10-28-20-17(22)12-15(13-18(20)27-4-2)11-16(14-23)21-25-24-19-8-6-5-7-9-26(19)21/h11-13H,3-10H2,1-2H3/b16-11+. The number of rotatable bonds is 7. The fourth-order valence-corrected chi connectivity index (χ4v) is 3.55. The van der Waals surface area contributed by atoms with Crippen molar-refractivity contribution in [3.63, 3.8) is 0 Å². The van der Waals surface area contributed by atoms with Crippen LogP contribution in [0.3, 0.4) is 0 Å². The van der Waals surface area contributed by atoms with Crippen molar-refractivity contribution < 1.29 is 9.47 Å². The summed E-state index contributed by atoms with van der Waals surface area (Å²) in [6.45, 7) is 5.84. The van der Waals surface area contributed by atoms with Gasteiger partial charge in [0, 0.05) is 13.0 Å². The molecule has 1 aliphatic heterocycles. The molecule has 1 aromatic heterocycles. The van der Waals surface area contributed by atoms with E-state index in [9.17, 15) is 5.26 Å². The van der Waals surface area contributed by atoms with Crippen LogP contribution in [0.2, 0.25) is 5.02 Å². The van der Waals surface area contributed by atoms with Gasteiger partial charge in [-0.15, -0.1) is 10.2 Å². The molecule has 2 aromatic rings. The van der Waals surface area contributed by atoms with Crippen molar-refractivity contribution in [2.45, 2.75) is 52.5 Å². The smallest absolute Gasteiger partial charge is 0.179 e. The molecule has 0 atom stereocenters. The highest BCUT2D eigenvalue weighted by Gasteiger charge is 2.18. The average molecular weight is 401 g/mol. The zero-order chi connectivity index (χ0) is 19.9. The minimum Gasteiger partial charge on any atom is -0.490 e. The number of benzene rings is 1. The van der Waals surface area contributed by atoms with Gasteiger partial charge in [0.05, 0.1) is 23.8 Å². The van der Waals surface area contributed by atoms with E-state index < -0.39 is 0 Å². The summed E-state index contributed by atoms with van der Waals surface area (Å²) in [7, 11) is 0. The van der Waals surface area contributed by atoms with Gasteiger partial charge in [0.25, 0.3) is 0 Å². The third-order valence-electron chi connectivity index (χ3n) is 4.56. The average Bonchev–Trinajstić information content (AvgIpc) is 2.93. The molecule has 3 rings (SSSR count). The summed E-state index contributed by atoms with van der Waals surface area (Å²) in [5.41, 5.74) is 1.22. The summed E-state index contributed by atoms with van der Waals surface area (Å²) >= 11 is 6.44. The van der Waals surface area contributed by atoms with Gasteiger partial charge in [0.2, 0.25) is 0 Å². The maximum Gasteiger partial charge on any atom is 0.179 e. The number of aromatic nitrogens is 3. The van der Waals surface area contributed by atoms with Gasteiger partial charge in [0.1, 0.15) is 11.9 Å². The molecule has 148 valence electrons. The number of aryl methyl sites for hydroxylation is 1. The van der Waals surface area contributed by atoms with Crippen LogP contribution in [0.15, 0.2) is 12.1 Å². The lowest BCUT2D eigenvalue weighted by Crippen LogP contribution is -2.05. The highest BCUT2D eigenvalue weighted by atomic mass is 35.5. The van der Waals surface area contributed by atoms with Crippen LogP contribution in [0.4, 0.5) is 0 Å². The molecule has 2 heterocycles. The maximum absolute atomic E-state index is 9.76. The van der Waals surface area contributed by atoms with Gasteiger partial charge < -0.3 is 14.0 Å². The molecule has 0 aliphatic carbocycles. The molecule has 0 saturated carbocycles. The Morgan fingerprint density at radius 3 is 2.86 bits per heavy atom. The summed E-state index contributed by atoms with van der Waals surface area (Å²) in [6.07, 6.45) is 6.90. The van der Waals surface area contributed by atoms with Crippen molar-refractivity contribution in [3.05, 3.63) is 34.4 Å². The summed E-state index contributed by atoms with van der Waals surface area (Å²) in [5, 5.41) is 18.8. The Balaban J connectivity index is 1.99. The van der Waals surface area contributed by atoms with E-state index in [-0.39, 0.29) is 0 Å². The molecule has 0 amide bonds. The minimum absolute atomic E-state index is 0.460. The molecule has 0 N–H and O–H groups in total. The number of hydrogen-bond donors (Lipinski definition) is 0. The number of fused-ring (bicyclic) bond motifs is 1. The molecule has 0 saturated heterocycles. The Bertz CT molecular complexity index is 899. The third kappa shape index (κ3) is 4.48. The SMILES string of the molecule is CCCOc1c(Cl)cc(/C=C(\C#N)c2nnc3n2CCCCC3)cc1OCC. The second kappa shape index (κ2) is 9.61. The van der Waals surface area contributed by atoms with Gasteiger partial charge in [-0.2, -0.15) is 5.26 Å². The monoisotopic (exact) mass is 400 g/mol. The van der Waals surface area contributed by atoms with Crippen LogP contribution in [-0.2, 0) is 13.0 Å². The van der Waals surface area contributed by atoms with Gasteiger partial charge in [0.15, 0.2) is 17.3 Å². The molecule has 0 spiro atoms. The van der Waals surface area contributed by atoms with E-state index in [0.29, 0.717) is 41.1 Å². The van der Waals surface area contributed by atoms with Crippen molar-refractivity contribution in [3.8, 4) is 17.6 Å². The fraction of sp³-hybridized carbons (Fsp3) is 0.476. The largest absolute Gasteiger partial charge is 0.490 e. The van der Waals surface area contributed by atoms with Crippen LogP contribution in [0, 0.1) is 11.3 Å². The second-order valence-electron chi connectivity index (χ2n) is 6.68. The number of halogens is 1. The van der Waals surface area contributed by atoms with E-state index in [0.717, 1.165) is 43.6 Å². The van der Waals surface area contributed by atoms with Crippen molar-refractivity contribution in [2.75, 3.05) is 13.2 Å². The predicted molar refractivity (Wildman–Crippen MR) is 109 cm³/mol. The van der Waals surface area contributed by atoms with Crippen LogP contribution in [0.25, 0.3) is 11.6 Å². The maximum atomic E-state index is 9.76. The molecule has 1 aliphatic rings. The quantitative estimate of drug-likeness (QED) is 0.617. The number of hydrogen-bond acceptors (Lipinski definition) is 5. The van der Waals surface area contributed by atoms with Crippen LogP contribution in [0.5, 0.6) is 11.5 Å². The molecule has 1 aromatic carbocycles. The number of nitriles is 1. The molecule has 0 bridgehead atoms. The first kappa shape index (κ1) is 20.2. The normalized spacial score (nSPS) is 14.1. The number of allylic oxidation sites excluding steroid dienone is 1. The Labute approximate surface area is 170 Å². The fourth-order valence-electron chi connectivity index (χ4n) is 3.28. The van der Waals surface area contributed by atoms with Crippen molar-refractivity contribution >= 4 is 23.3 Å². The third-order valence-corrected chi connectivity index (χ3v) is 4.84. The van der Waals surface area contributed by atoms with Gasteiger partial charge in [-0.3, -0.25) is 0 Å². The zero-order valence-electron chi connectivity index (χ0n) is 16.4. The molecule has 0 unspecified atom stereocenters. The van der Waals surface area contributed by atoms with Crippen LogP contribution in [-0.4, -0.2) is 28.0 Å². The van der Waals surface area contributed by atoms with E-state index in [4.69, 9.17) is 21.1 Å². The van der Waals surface area contributed by atoms with Gasteiger partial charge in [-0.1, -0.05) is 24.9 Å². The first-order valence-corrected chi connectivity index (χ1v) is 10.2. The molecule has 28 heavy (non-hydrogen) atoms.